The smallest absolute Gasteiger partial charge is 0.147 e. The molecule has 2 radical (unpaired) electrons. The molecule has 0 aliphatic rings. The van der Waals surface area contributed by atoms with Crippen LogP contribution in [0.4, 0.5) is 0 Å². The maximum absolute atomic E-state index is 9.14. The zero-order valence-corrected chi connectivity index (χ0v) is 6.05. The summed E-state index contributed by atoms with van der Waals surface area (Å²) in [7, 11) is 5.36. The predicted octanol–water partition coefficient (Wildman–Crippen LogP) is 0.198. The monoisotopic (exact) mass is 133 g/mol. The van der Waals surface area contributed by atoms with Crippen molar-refractivity contribution in [1.82, 2.24) is 4.98 Å². The first-order chi connectivity index (χ1) is 4.61. The molecule has 0 aliphatic heterocycles. The van der Waals surface area contributed by atoms with Crippen molar-refractivity contribution < 1.29 is 5.11 Å². The molecule has 0 saturated heterocycles. The van der Waals surface area contributed by atoms with E-state index in [-0.39, 0.29) is 11.3 Å². The van der Waals surface area contributed by atoms with Crippen LogP contribution in [0.5, 0.6) is 5.75 Å². The number of hydrogen-bond acceptors (Lipinski definition) is 2. The number of aromatic nitrogens is 1. The lowest BCUT2D eigenvalue weighted by Crippen LogP contribution is -2.10. The normalized spacial score (nSPS) is 9.80. The van der Waals surface area contributed by atoms with E-state index in [1.807, 2.05) is 6.92 Å². The Hall–Kier alpha value is -0.985. The maximum atomic E-state index is 9.14. The molecule has 0 bridgehead atoms. The van der Waals surface area contributed by atoms with Gasteiger partial charge in [-0.3, -0.25) is 4.98 Å². The van der Waals surface area contributed by atoms with E-state index in [0.717, 1.165) is 11.3 Å². The topological polar surface area (TPSA) is 33.1 Å². The predicted molar refractivity (Wildman–Crippen MR) is 40.8 cm³/mol. The highest BCUT2D eigenvalue weighted by atomic mass is 16.3. The molecule has 0 aromatic carbocycles. The van der Waals surface area contributed by atoms with Crippen LogP contribution in [0.15, 0.2) is 6.07 Å². The summed E-state index contributed by atoms with van der Waals surface area (Å²) in [6.07, 6.45) is 0. The van der Waals surface area contributed by atoms with Gasteiger partial charge in [-0.25, -0.2) is 0 Å². The summed E-state index contributed by atoms with van der Waals surface area (Å²) in [5.41, 5.74) is 1.80. The quantitative estimate of drug-likeness (QED) is 0.512. The third-order valence-electron chi connectivity index (χ3n) is 1.34. The van der Waals surface area contributed by atoms with Crippen LogP contribution < -0.4 is 5.59 Å². The van der Waals surface area contributed by atoms with Crippen molar-refractivity contribution in [2.24, 2.45) is 0 Å². The second-order valence-electron chi connectivity index (χ2n) is 2.31. The Labute approximate surface area is 61.3 Å². The van der Waals surface area contributed by atoms with Crippen molar-refractivity contribution in [3.05, 3.63) is 17.3 Å². The Morgan fingerprint density at radius 3 is 2.60 bits per heavy atom. The van der Waals surface area contributed by atoms with E-state index >= 15 is 0 Å². The summed E-state index contributed by atoms with van der Waals surface area (Å²) < 4.78 is 0. The standard InChI is InChI=1S/C7H8BNO/c1-4-3-5(2)9-7(8)6(4)10/h3,10H,1-2H3. The van der Waals surface area contributed by atoms with Crippen LogP contribution >= 0.6 is 0 Å². The fourth-order valence-electron chi connectivity index (χ4n) is 0.859. The zero-order chi connectivity index (χ0) is 7.72. The molecule has 0 atom stereocenters. The summed E-state index contributed by atoms with van der Waals surface area (Å²) in [6, 6.07) is 1.78. The molecule has 50 valence electrons. The van der Waals surface area contributed by atoms with Gasteiger partial charge in [0.05, 0.1) is 0 Å². The molecule has 3 heteroatoms. The molecular weight excluding hydrogens is 125 g/mol. The average molecular weight is 133 g/mol. The summed E-state index contributed by atoms with van der Waals surface area (Å²) in [5.74, 6) is 0.0885. The van der Waals surface area contributed by atoms with Gasteiger partial charge >= 0.3 is 0 Å². The number of aryl methyl sites for hydroxylation is 2. The third-order valence-corrected chi connectivity index (χ3v) is 1.34. The van der Waals surface area contributed by atoms with Crippen LogP contribution in [0.3, 0.4) is 0 Å². The van der Waals surface area contributed by atoms with Gasteiger partial charge in [0.2, 0.25) is 0 Å². The van der Waals surface area contributed by atoms with E-state index in [1.54, 1.807) is 13.0 Å². The number of hydrogen-bond donors (Lipinski definition) is 1. The second-order valence-corrected chi connectivity index (χ2v) is 2.31. The van der Waals surface area contributed by atoms with Crippen molar-refractivity contribution in [1.29, 1.82) is 0 Å². The van der Waals surface area contributed by atoms with Gasteiger partial charge in [-0.2, -0.15) is 0 Å². The highest BCUT2D eigenvalue weighted by Crippen LogP contribution is 2.10. The number of pyridine rings is 1. The second kappa shape index (κ2) is 2.33. The molecule has 10 heavy (non-hydrogen) atoms. The molecule has 0 aliphatic carbocycles. The van der Waals surface area contributed by atoms with Gasteiger partial charge in [0.15, 0.2) is 0 Å². The van der Waals surface area contributed by atoms with Crippen LogP contribution in [0.2, 0.25) is 0 Å². The largest absolute Gasteiger partial charge is 0.507 e. The Balaban J connectivity index is 3.31. The summed E-state index contributed by atoms with van der Waals surface area (Å²) in [4.78, 5) is 3.86. The van der Waals surface area contributed by atoms with E-state index in [4.69, 9.17) is 13.0 Å². The fourth-order valence-corrected chi connectivity index (χ4v) is 0.859. The highest BCUT2D eigenvalue weighted by Gasteiger charge is 2.00. The minimum Gasteiger partial charge on any atom is -0.507 e. The molecule has 1 rings (SSSR count). The summed E-state index contributed by atoms with van der Waals surface area (Å²) in [6.45, 7) is 3.63. The van der Waals surface area contributed by atoms with E-state index in [2.05, 4.69) is 4.98 Å². The third kappa shape index (κ3) is 1.13. The Morgan fingerprint density at radius 1 is 1.50 bits per heavy atom. The molecule has 1 aromatic rings. The lowest BCUT2D eigenvalue weighted by atomic mass is 10.00. The van der Waals surface area contributed by atoms with Gasteiger partial charge < -0.3 is 5.11 Å². The van der Waals surface area contributed by atoms with Crippen molar-refractivity contribution in [2.75, 3.05) is 0 Å². The van der Waals surface area contributed by atoms with Crippen LogP contribution in [0, 0.1) is 13.8 Å². The first-order valence-corrected chi connectivity index (χ1v) is 3.04. The van der Waals surface area contributed by atoms with Crippen LogP contribution in [0.1, 0.15) is 11.3 Å². The van der Waals surface area contributed by atoms with Crippen molar-refractivity contribution in [2.45, 2.75) is 13.8 Å². The molecule has 1 heterocycles. The maximum Gasteiger partial charge on any atom is 0.147 e. The Morgan fingerprint density at radius 2 is 2.10 bits per heavy atom. The van der Waals surface area contributed by atoms with Crippen LogP contribution in [0.25, 0.3) is 0 Å². The van der Waals surface area contributed by atoms with Crippen molar-refractivity contribution in [3.8, 4) is 5.75 Å². The lowest BCUT2D eigenvalue weighted by Gasteiger charge is -2.02. The summed E-state index contributed by atoms with van der Waals surface area (Å²) in [5, 5.41) is 9.14. The van der Waals surface area contributed by atoms with Gasteiger partial charge in [0, 0.05) is 11.3 Å². The highest BCUT2D eigenvalue weighted by molar-refractivity contribution is 6.32. The SMILES string of the molecule is [B]c1nc(C)cc(C)c1O. The van der Waals surface area contributed by atoms with E-state index < -0.39 is 0 Å². The summed E-state index contributed by atoms with van der Waals surface area (Å²) >= 11 is 0. The number of nitrogens with zero attached hydrogens (tertiary/aromatic N) is 1. The fraction of sp³-hybridized carbons (Fsp3) is 0.286. The minimum atomic E-state index is 0.0885. The minimum absolute atomic E-state index is 0.0885. The Bertz CT molecular complexity index is 237. The molecule has 0 unspecified atom stereocenters. The molecule has 0 spiro atoms. The molecule has 1 aromatic heterocycles. The van der Waals surface area contributed by atoms with Gasteiger partial charge in [-0.05, 0) is 25.5 Å². The molecule has 0 saturated carbocycles. The molecular formula is C7H8BNO. The van der Waals surface area contributed by atoms with Gasteiger partial charge in [-0.15, -0.1) is 0 Å². The van der Waals surface area contributed by atoms with Crippen LogP contribution in [-0.4, -0.2) is 17.9 Å². The van der Waals surface area contributed by atoms with E-state index in [1.165, 1.54) is 0 Å². The van der Waals surface area contributed by atoms with Crippen molar-refractivity contribution >= 4 is 13.4 Å². The van der Waals surface area contributed by atoms with Crippen LogP contribution in [-0.2, 0) is 0 Å². The first kappa shape index (κ1) is 7.13. The number of aromatic hydroxyl groups is 1. The number of rotatable bonds is 0. The Kier molecular flexibility index (Phi) is 1.66. The zero-order valence-electron chi connectivity index (χ0n) is 6.05. The molecule has 1 N–H and O–H groups in total. The van der Waals surface area contributed by atoms with E-state index in [9.17, 15) is 0 Å². The lowest BCUT2D eigenvalue weighted by molar-refractivity contribution is 0.473. The molecule has 0 amide bonds. The van der Waals surface area contributed by atoms with Crippen molar-refractivity contribution in [3.63, 3.8) is 0 Å². The van der Waals surface area contributed by atoms with Gasteiger partial charge in [0.25, 0.3) is 0 Å². The molecule has 0 fully saturated rings. The van der Waals surface area contributed by atoms with Gasteiger partial charge in [-0.1, -0.05) is 0 Å². The van der Waals surface area contributed by atoms with Gasteiger partial charge in [0.1, 0.15) is 13.6 Å². The van der Waals surface area contributed by atoms with E-state index in [0.29, 0.717) is 0 Å². The average Bonchev–Trinajstić information content (AvgIpc) is 1.82. The first-order valence-electron chi connectivity index (χ1n) is 3.04. The molecule has 2 nitrogen and oxygen atoms in total.